The average molecular weight is 316 g/mol. The van der Waals surface area contributed by atoms with Crippen LogP contribution in [0, 0.1) is 5.82 Å². The molecule has 1 atom stereocenters. The lowest BCUT2D eigenvalue weighted by Gasteiger charge is -2.25. The van der Waals surface area contributed by atoms with Crippen molar-refractivity contribution in [2.24, 2.45) is 0 Å². The van der Waals surface area contributed by atoms with Crippen LogP contribution in [0.3, 0.4) is 0 Å². The minimum Gasteiger partial charge on any atom is -0.493 e. The van der Waals surface area contributed by atoms with Crippen molar-refractivity contribution in [2.75, 3.05) is 20.8 Å². The molecule has 0 amide bonds. The first-order chi connectivity index (χ1) is 11.2. The summed E-state index contributed by atoms with van der Waals surface area (Å²) in [5.41, 5.74) is 2.01. The second-order valence-electron chi connectivity index (χ2n) is 5.67. The van der Waals surface area contributed by atoms with Crippen LogP contribution in [-0.4, -0.2) is 30.6 Å². The second kappa shape index (κ2) is 6.96. The predicted octanol–water partition coefficient (Wildman–Crippen LogP) is 3.58. The second-order valence-corrected chi connectivity index (χ2v) is 5.67. The number of benzene rings is 1. The maximum absolute atomic E-state index is 13.1. The molecule has 2 heterocycles. The van der Waals surface area contributed by atoms with E-state index >= 15 is 0 Å². The Kier molecular flexibility index (Phi) is 4.76. The molecule has 1 aliphatic rings. The molecule has 1 unspecified atom stereocenters. The third-order valence-electron chi connectivity index (χ3n) is 4.34. The van der Waals surface area contributed by atoms with Crippen LogP contribution in [0.5, 0.6) is 11.5 Å². The van der Waals surface area contributed by atoms with E-state index in [-0.39, 0.29) is 11.9 Å². The van der Waals surface area contributed by atoms with Gasteiger partial charge in [-0.05, 0) is 37.1 Å². The van der Waals surface area contributed by atoms with Crippen molar-refractivity contribution in [2.45, 2.75) is 25.4 Å². The number of likely N-dealkylation sites (tertiary alicyclic amines) is 1. The molecule has 3 rings (SSSR count). The van der Waals surface area contributed by atoms with Gasteiger partial charge in [0.15, 0.2) is 11.5 Å². The molecule has 2 aromatic rings. The van der Waals surface area contributed by atoms with E-state index in [1.165, 1.54) is 12.1 Å². The lowest BCUT2D eigenvalue weighted by Crippen LogP contribution is -2.23. The SMILES string of the molecule is COc1ccnc(CN2CCCC2c2ccc(F)cc2)c1OC. The zero-order valence-corrected chi connectivity index (χ0v) is 13.5. The standard InChI is InChI=1S/C18H21FN2O2/c1-22-17-9-10-20-15(18(17)23-2)12-21-11-3-4-16(21)13-5-7-14(19)8-6-13/h5-10,16H,3-4,11-12H2,1-2H3. The Morgan fingerprint density at radius 3 is 2.65 bits per heavy atom. The molecule has 23 heavy (non-hydrogen) atoms. The Morgan fingerprint density at radius 1 is 1.17 bits per heavy atom. The van der Waals surface area contributed by atoms with Crippen LogP contribution >= 0.6 is 0 Å². The highest BCUT2D eigenvalue weighted by Gasteiger charge is 2.27. The van der Waals surface area contributed by atoms with Gasteiger partial charge in [0.2, 0.25) is 0 Å². The van der Waals surface area contributed by atoms with Gasteiger partial charge in [0, 0.05) is 24.8 Å². The fourth-order valence-electron chi connectivity index (χ4n) is 3.23. The Hall–Kier alpha value is -2.14. The van der Waals surface area contributed by atoms with E-state index < -0.39 is 0 Å². The van der Waals surface area contributed by atoms with Crippen LogP contribution in [-0.2, 0) is 6.54 Å². The summed E-state index contributed by atoms with van der Waals surface area (Å²) in [5, 5.41) is 0. The van der Waals surface area contributed by atoms with Gasteiger partial charge in [-0.15, -0.1) is 0 Å². The summed E-state index contributed by atoms with van der Waals surface area (Å²) in [6.07, 6.45) is 3.92. The van der Waals surface area contributed by atoms with Gasteiger partial charge in [0.1, 0.15) is 11.5 Å². The highest BCUT2D eigenvalue weighted by Crippen LogP contribution is 2.36. The van der Waals surface area contributed by atoms with Crippen molar-refractivity contribution in [3.63, 3.8) is 0 Å². The normalized spacial score (nSPS) is 18.1. The van der Waals surface area contributed by atoms with Crippen LogP contribution in [0.25, 0.3) is 0 Å². The molecular formula is C18H21FN2O2. The molecule has 122 valence electrons. The van der Waals surface area contributed by atoms with Gasteiger partial charge >= 0.3 is 0 Å². The summed E-state index contributed by atoms with van der Waals surface area (Å²) < 4.78 is 24.0. The molecule has 0 N–H and O–H groups in total. The van der Waals surface area contributed by atoms with Crippen LogP contribution in [0.2, 0.25) is 0 Å². The number of hydrogen-bond donors (Lipinski definition) is 0. The number of methoxy groups -OCH3 is 2. The highest BCUT2D eigenvalue weighted by molar-refractivity contribution is 5.42. The topological polar surface area (TPSA) is 34.6 Å². The molecular weight excluding hydrogens is 295 g/mol. The fraction of sp³-hybridized carbons (Fsp3) is 0.389. The summed E-state index contributed by atoms with van der Waals surface area (Å²) in [7, 11) is 3.25. The van der Waals surface area contributed by atoms with Gasteiger partial charge in [0.05, 0.1) is 14.2 Å². The van der Waals surface area contributed by atoms with Crippen molar-refractivity contribution < 1.29 is 13.9 Å². The molecule has 1 aromatic carbocycles. The third kappa shape index (κ3) is 3.29. The Morgan fingerprint density at radius 2 is 1.96 bits per heavy atom. The third-order valence-corrected chi connectivity index (χ3v) is 4.34. The van der Waals surface area contributed by atoms with E-state index in [2.05, 4.69) is 9.88 Å². The van der Waals surface area contributed by atoms with Crippen molar-refractivity contribution in [1.82, 2.24) is 9.88 Å². The van der Waals surface area contributed by atoms with Crippen LogP contribution in [0.15, 0.2) is 36.5 Å². The molecule has 0 radical (unpaired) electrons. The smallest absolute Gasteiger partial charge is 0.183 e. The minimum absolute atomic E-state index is 0.200. The number of aromatic nitrogens is 1. The molecule has 4 nitrogen and oxygen atoms in total. The van der Waals surface area contributed by atoms with Crippen molar-refractivity contribution in [3.05, 3.63) is 53.6 Å². The quantitative estimate of drug-likeness (QED) is 0.844. The summed E-state index contributed by atoms with van der Waals surface area (Å²) in [4.78, 5) is 6.82. The van der Waals surface area contributed by atoms with Crippen LogP contribution in [0.1, 0.15) is 30.1 Å². The van der Waals surface area contributed by atoms with Crippen molar-refractivity contribution >= 4 is 0 Å². The van der Waals surface area contributed by atoms with Crippen LogP contribution in [0.4, 0.5) is 4.39 Å². The number of rotatable bonds is 5. The lowest BCUT2D eigenvalue weighted by molar-refractivity contribution is 0.239. The van der Waals surface area contributed by atoms with Gasteiger partial charge in [-0.25, -0.2) is 4.39 Å². The first-order valence-corrected chi connectivity index (χ1v) is 7.78. The van der Waals surface area contributed by atoms with E-state index in [1.54, 1.807) is 26.5 Å². The molecule has 0 spiro atoms. The summed E-state index contributed by atoms with van der Waals surface area (Å²) in [6.45, 7) is 1.67. The number of hydrogen-bond acceptors (Lipinski definition) is 4. The lowest BCUT2D eigenvalue weighted by atomic mass is 10.0. The number of pyridine rings is 1. The summed E-state index contributed by atoms with van der Waals surface area (Å²) in [5.74, 6) is 1.17. The zero-order valence-electron chi connectivity index (χ0n) is 13.5. The summed E-state index contributed by atoms with van der Waals surface area (Å²) in [6, 6.07) is 8.87. The molecule has 1 aromatic heterocycles. The monoisotopic (exact) mass is 316 g/mol. The number of halogens is 1. The van der Waals surface area contributed by atoms with E-state index in [0.717, 1.165) is 30.6 Å². The molecule has 1 aliphatic heterocycles. The molecule has 0 saturated carbocycles. The zero-order chi connectivity index (χ0) is 16.2. The largest absolute Gasteiger partial charge is 0.493 e. The van der Waals surface area contributed by atoms with E-state index in [1.807, 2.05) is 12.1 Å². The molecule has 1 fully saturated rings. The van der Waals surface area contributed by atoms with Gasteiger partial charge in [-0.1, -0.05) is 12.1 Å². The van der Waals surface area contributed by atoms with Gasteiger partial charge in [0.25, 0.3) is 0 Å². The molecule has 0 aliphatic carbocycles. The predicted molar refractivity (Wildman–Crippen MR) is 86.1 cm³/mol. The van der Waals surface area contributed by atoms with Gasteiger partial charge < -0.3 is 9.47 Å². The molecule has 1 saturated heterocycles. The Bertz CT molecular complexity index is 661. The first kappa shape index (κ1) is 15.7. The number of ether oxygens (including phenoxy) is 2. The molecule has 5 heteroatoms. The van der Waals surface area contributed by atoms with Crippen LogP contribution < -0.4 is 9.47 Å². The minimum atomic E-state index is -0.200. The Labute approximate surface area is 135 Å². The number of nitrogens with zero attached hydrogens (tertiary/aromatic N) is 2. The van der Waals surface area contributed by atoms with E-state index in [0.29, 0.717) is 18.0 Å². The van der Waals surface area contributed by atoms with E-state index in [4.69, 9.17) is 9.47 Å². The van der Waals surface area contributed by atoms with Gasteiger partial charge in [-0.3, -0.25) is 9.88 Å². The van der Waals surface area contributed by atoms with Crippen molar-refractivity contribution in [3.8, 4) is 11.5 Å². The maximum Gasteiger partial charge on any atom is 0.183 e. The van der Waals surface area contributed by atoms with Crippen molar-refractivity contribution in [1.29, 1.82) is 0 Å². The maximum atomic E-state index is 13.1. The first-order valence-electron chi connectivity index (χ1n) is 7.78. The average Bonchev–Trinajstić information content (AvgIpc) is 3.03. The van der Waals surface area contributed by atoms with E-state index in [9.17, 15) is 4.39 Å². The van der Waals surface area contributed by atoms with Gasteiger partial charge in [-0.2, -0.15) is 0 Å². The highest BCUT2D eigenvalue weighted by atomic mass is 19.1. The summed E-state index contributed by atoms with van der Waals surface area (Å²) >= 11 is 0. The molecule has 0 bridgehead atoms. The Balaban J connectivity index is 1.83. The fourth-order valence-corrected chi connectivity index (χ4v) is 3.23.